The van der Waals surface area contributed by atoms with Crippen molar-refractivity contribution in [2.75, 3.05) is 25.6 Å². The maximum absolute atomic E-state index is 10.9. The Morgan fingerprint density at radius 2 is 2.12 bits per heavy atom. The van der Waals surface area contributed by atoms with E-state index in [-0.39, 0.29) is 5.97 Å². The van der Waals surface area contributed by atoms with E-state index in [4.69, 9.17) is 11.6 Å². The van der Waals surface area contributed by atoms with Crippen molar-refractivity contribution in [3.05, 3.63) is 17.4 Å². The van der Waals surface area contributed by atoms with Gasteiger partial charge in [0.1, 0.15) is 0 Å². The maximum atomic E-state index is 10.9. The van der Waals surface area contributed by atoms with Crippen molar-refractivity contribution in [2.24, 2.45) is 0 Å². The lowest BCUT2D eigenvalue weighted by molar-refractivity contribution is -0.140. The van der Waals surface area contributed by atoms with Crippen molar-refractivity contribution >= 4 is 23.5 Å². The van der Waals surface area contributed by atoms with E-state index >= 15 is 0 Å². The average molecular weight is 244 g/mol. The number of hydrogen-bond acceptors (Lipinski definition) is 5. The van der Waals surface area contributed by atoms with Crippen molar-refractivity contribution in [1.29, 1.82) is 0 Å². The quantitative estimate of drug-likeness (QED) is 0.734. The van der Waals surface area contributed by atoms with Crippen LogP contribution in [0, 0.1) is 0 Å². The van der Waals surface area contributed by atoms with Gasteiger partial charge in [0.05, 0.1) is 24.5 Å². The monoisotopic (exact) mass is 243 g/mol. The third kappa shape index (κ3) is 4.02. The van der Waals surface area contributed by atoms with Crippen molar-refractivity contribution in [1.82, 2.24) is 9.97 Å². The fourth-order valence-electron chi connectivity index (χ4n) is 1.17. The zero-order valence-electron chi connectivity index (χ0n) is 9.31. The van der Waals surface area contributed by atoms with Crippen LogP contribution in [-0.2, 0) is 9.53 Å². The van der Waals surface area contributed by atoms with Gasteiger partial charge in [0.15, 0.2) is 0 Å². The van der Waals surface area contributed by atoms with Crippen LogP contribution >= 0.6 is 11.6 Å². The number of methoxy groups -OCH3 is 1. The lowest BCUT2D eigenvalue weighted by atomic mass is 10.3. The number of anilines is 1. The van der Waals surface area contributed by atoms with Crippen LogP contribution in [0.15, 0.2) is 12.4 Å². The second kappa shape index (κ2) is 6.27. The van der Waals surface area contributed by atoms with Gasteiger partial charge in [-0.25, -0.2) is 9.97 Å². The zero-order chi connectivity index (χ0) is 12.0. The van der Waals surface area contributed by atoms with Gasteiger partial charge in [-0.2, -0.15) is 0 Å². The highest BCUT2D eigenvalue weighted by atomic mass is 35.5. The SMILES string of the molecule is COC(=O)CCCN(C)c1ncc(Cl)cn1. The summed E-state index contributed by atoms with van der Waals surface area (Å²) in [6.07, 6.45) is 4.19. The van der Waals surface area contributed by atoms with Crippen LogP contribution < -0.4 is 4.90 Å². The molecule has 1 aromatic heterocycles. The molecular formula is C10H14ClN3O2. The summed E-state index contributed by atoms with van der Waals surface area (Å²) in [5.41, 5.74) is 0. The highest BCUT2D eigenvalue weighted by Gasteiger charge is 2.05. The highest BCUT2D eigenvalue weighted by Crippen LogP contribution is 2.09. The van der Waals surface area contributed by atoms with Crippen LogP contribution in [0.1, 0.15) is 12.8 Å². The molecule has 1 aromatic rings. The van der Waals surface area contributed by atoms with Crippen molar-refractivity contribution in [3.8, 4) is 0 Å². The fraction of sp³-hybridized carbons (Fsp3) is 0.500. The Hall–Kier alpha value is -1.36. The summed E-state index contributed by atoms with van der Waals surface area (Å²) < 4.78 is 4.55. The first kappa shape index (κ1) is 12.7. The summed E-state index contributed by atoms with van der Waals surface area (Å²) in [7, 11) is 3.24. The first-order valence-corrected chi connectivity index (χ1v) is 5.27. The Morgan fingerprint density at radius 3 is 2.69 bits per heavy atom. The third-order valence-corrected chi connectivity index (χ3v) is 2.25. The van der Waals surface area contributed by atoms with E-state index in [1.165, 1.54) is 7.11 Å². The van der Waals surface area contributed by atoms with Crippen LogP contribution in [0.2, 0.25) is 5.02 Å². The first-order valence-electron chi connectivity index (χ1n) is 4.89. The number of ether oxygens (including phenoxy) is 1. The standard InChI is InChI=1S/C10H14ClN3O2/c1-14(5-3-4-9(15)16-2)10-12-6-8(11)7-13-10/h6-7H,3-5H2,1-2H3. The molecule has 6 heteroatoms. The van der Waals surface area contributed by atoms with E-state index < -0.39 is 0 Å². The minimum atomic E-state index is -0.203. The molecule has 0 fully saturated rings. The van der Waals surface area contributed by atoms with Crippen LogP contribution in [-0.4, -0.2) is 36.6 Å². The number of carbonyl (C=O) groups is 1. The zero-order valence-corrected chi connectivity index (χ0v) is 10.1. The highest BCUT2D eigenvalue weighted by molar-refractivity contribution is 6.30. The summed E-state index contributed by atoms with van der Waals surface area (Å²) in [6, 6.07) is 0. The van der Waals surface area contributed by atoms with E-state index in [1.54, 1.807) is 12.4 Å². The summed E-state index contributed by atoms with van der Waals surface area (Å²) >= 11 is 5.68. The fourth-order valence-corrected chi connectivity index (χ4v) is 1.26. The van der Waals surface area contributed by atoms with E-state index in [9.17, 15) is 4.79 Å². The van der Waals surface area contributed by atoms with Crippen molar-refractivity contribution in [2.45, 2.75) is 12.8 Å². The molecule has 0 unspecified atom stereocenters. The summed E-state index contributed by atoms with van der Waals surface area (Å²) in [6.45, 7) is 0.691. The molecule has 0 aliphatic heterocycles. The molecule has 0 spiro atoms. The minimum Gasteiger partial charge on any atom is -0.469 e. The maximum Gasteiger partial charge on any atom is 0.305 e. The average Bonchev–Trinajstić information content (AvgIpc) is 2.29. The number of carbonyl (C=O) groups excluding carboxylic acids is 1. The van der Waals surface area contributed by atoms with Gasteiger partial charge >= 0.3 is 5.97 Å². The molecule has 0 aliphatic rings. The van der Waals surface area contributed by atoms with Crippen LogP contribution in [0.5, 0.6) is 0 Å². The second-order valence-corrected chi connectivity index (χ2v) is 3.74. The molecule has 0 saturated heterocycles. The van der Waals surface area contributed by atoms with Gasteiger partial charge in [0, 0.05) is 20.0 Å². The van der Waals surface area contributed by atoms with Gasteiger partial charge in [0.25, 0.3) is 0 Å². The minimum absolute atomic E-state index is 0.203. The Morgan fingerprint density at radius 1 is 1.50 bits per heavy atom. The summed E-state index contributed by atoms with van der Waals surface area (Å²) in [5.74, 6) is 0.389. The molecule has 0 N–H and O–H groups in total. The van der Waals surface area contributed by atoms with E-state index in [0.29, 0.717) is 30.4 Å². The van der Waals surface area contributed by atoms with Crippen LogP contribution in [0.3, 0.4) is 0 Å². The third-order valence-electron chi connectivity index (χ3n) is 2.05. The summed E-state index contributed by atoms with van der Waals surface area (Å²) in [4.78, 5) is 20.9. The molecule has 0 saturated carbocycles. The van der Waals surface area contributed by atoms with Gasteiger partial charge in [-0.15, -0.1) is 0 Å². The van der Waals surface area contributed by atoms with Crippen LogP contribution in [0.25, 0.3) is 0 Å². The normalized spacial score (nSPS) is 9.94. The van der Waals surface area contributed by atoms with Gasteiger partial charge in [-0.05, 0) is 6.42 Å². The number of aromatic nitrogens is 2. The molecule has 16 heavy (non-hydrogen) atoms. The Labute approximate surface area is 99.4 Å². The lowest BCUT2D eigenvalue weighted by Gasteiger charge is -2.15. The molecule has 0 amide bonds. The van der Waals surface area contributed by atoms with Crippen molar-refractivity contribution < 1.29 is 9.53 Å². The Kier molecular flexibility index (Phi) is 4.98. The molecule has 88 valence electrons. The molecule has 0 aromatic carbocycles. The van der Waals surface area contributed by atoms with Gasteiger partial charge in [0.2, 0.25) is 5.95 Å². The largest absolute Gasteiger partial charge is 0.469 e. The number of hydrogen-bond donors (Lipinski definition) is 0. The van der Waals surface area contributed by atoms with E-state index in [2.05, 4.69) is 14.7 Å². The lowest BCUT2D eigenvalue weighted by Crippen LogP contribution is -2.21. The molecular weight excluding hydrogens is 230 g/mol. The molecule has 5 nitrogen and oxygen atoms in total. The number of halogens is 1. The number of rotatable bonds is 5. The molecule has 1 rings (SSSR count). The van der Waals surface area contributed by atoms with Crippen molar-refractivity contribution in [3.63, 3.8) is 0 Å². The molecule has 0 aliphatic carbocycles. The van der Waals surface area contributed by atoms with E-state index in [1.807, 2.05) is 11.9 Å². The second-order valence-electron chi connectivity index (χ2n) is 3.30. The Balaban J connectivity index is 2.37. The summed E-state index contributed by atoms with van der Waals surface area (Å²) in [5, 5.41) is 0.506. The Bertz CT molecular complexity index is 342. The topological polar surface area (TPSA) is 55.3 Å². The molecule has 0 bridgehead atoms. The van der Waals surface area contributed by atoms with E-state index in [0.717, 1.165) is 0 Å². The first-order chi connectivity index (χ1) is 7.63. The van der Waals surface area contributed by atoms with Gasteiger partial charge in [-0.1, -0.05) is 11.6 Å². The van der Waals surface area contributed by atoms with Crippen LogP contribution in [0.4, 0.5) is 5.95 Å². The van der Waals surface area contributed by atoms with Gasteiger partial charge < -0.3 is 9.64 Å². The molecule has 1 heterocycles. The smallest absolute Gasteiger partial charge is 0.305 e. The molecule has 0 radical (unpaired) electrons. The number of nitrogens with zero attached hydrogens (tertiary/aromatic N) is 3. The number of esters is 1. The predicted molar refractivity (Wildman–Crippen MR) is 61.6 cm³/mol. The molecule has 0 atom stereocenters. The predicted octanol–water partition coefficient (Wildman–Crippen LogP) is 1.52. The van der Waals surface area contributed by atoms with Gasteiger partial charge in [-0.3, -0.25) is 4.79 Å².